The maximum Gasteiger partial charge on any atom is 0.340 e. The molecule has 0 amide bonds. The van der Waals surface area contributed by atoms with E-state index in [1.165, 1.54) is 7.11 Å². The minimum Gasteiger partial charge on any atom is -0.465 e. The fraction of sp³-hybridized carbons (Fsp3) is 0.462. The van der Waals surface area contributed by atoms with E-state index in [0.29, 0.717) is 5.56 Å². The molecule has 106 valence electrons. The van der Waals surface area contributed by atoms with Gasteiger partial charge in [-0.1, -0.05) is 12.1 Å². The lowest BCUT2D eigenvalue weighted by molar-refractivity contribution is 0.0601. The third kappa shape index (κ3) is 3.26. The molecule has 1 aromatic rings. The second-order valence-electron chi connectivity index (χ2n) is 5.24. The van der Waals surface area contributed by atoms with Gasteiger partial charge in [-0.15, -0.1) is 0 Å². The van der Waals surface area contributed by atoms with E-state index in [1.54, 1.807) is 39.0 Å². The van der Waals surface area contributed by atoms with Gasteiger partial charge in [0, 0.05) is 5.69 Å². The summed E-state index contributed by atoms with van der Waals surface area (Å²) < 4.78 is 28.2. The van der Waals surface area contributed by atoms with Gasteiger partial charge in [-0.2, -0.15) is 0 Å². The summed E-state index contributed by atoms with van der Waals surface area (Å²) >= 11 is 0. The van der Waals surface area contributed by atoms with Crippen LogP contribution in [-0.2, 0) is 20.3 Å². The first-order valence-electron chi connectivity index (χ1n) is 5.78. The number of hydrogen-bond acceptors (Lipinski definition) is 5. The quantitative estimate of drug-likeness (QED) is 0.675. The lowest BCUT2D eigenvalue weighted by atomic mass is 10.1. The summed E-state index contributed by atoms with van der Waals surface area (Å²) in [5.41, 5.74) is 6.43. The molecule has 0 fully saturated rings. The van der Waals surface area contributed by atoms with E-state index in [1.807, 2.05) is 0 Å². The number of sulfone groups is 1. The fourth-order valence-corrected chi connectivity index (χ4v) is 2.60. The summed E-state index contributed by atoms with van der Waals surface area (Å²) in [5, 5.41) is 0. The van der Waals surface area contributed by atoms with Crippen LogP contribution in [0.25, 0.3) is 0 Å². The van der Waals surface area contributed by atoms with Gasteiger partial charge in [0.2, 0.25) is 0 Å². The van der Waals surface area contributed by atoms with Gasteiger partial charge in [0.15, 0.2) is 9.84 Å². The highest BCUT2D eigenvalue weighted by molar-refractivity contribution is 7.91. The number of anilines is 1. The number of nitrogen functional groups attached to an aromatic ring is 1. The van der Waals surface area contributed by atoms with Crippen LogP contribution in [-0.4, -0.2) is 26.2 Å². The minimum absolute atomic E-state index is 0.123. The van der Waals surface area contributed by atoms with Crippen molar-refractivity contribution in [2.75, 3.05) is 12.8 Å². The van der Waals surface area contributed by atoms with Crippen LogP contribution in [0.2, 0.25) is 0 Å². The number of benzene rings is 1. The SMILES string of the molecule is COC(=O)c1c(N)cccc1CS(=O)(=O)C(C)(C)C. The molecule has 0 aliphatic heterocycles. The number of carbonyl (C=O) groups is 1. The predicted molar refractivity (Wildman–Crippen MR) is 74.6 cm³/mol. The molecular weight excluding hydrogens is 266 g/mol. The Morgan fingerprint density at radius 2 is 1.89 bits per heavy atom. The van der Waals surface area contributed by atoms with Crippen molar-refractivity contribution in [2.24, 2.45) is 0 Å². The summed E-state index contributed by atoms with van der Waals surface area (Å²) in [6.45, 7) is 4.85. The predicted octanol–water partition coefficient (Wildman–Crippen LogP) is 1.77. The first kappa shape index (κ1) is 15.5. The van der Waals surface area contributed by atoms with Gasteiger partial charge in [-0.3, -0.25) is 0 Å². The Balaban J connectivity index is 3.31. The van der Waals surface area contributed by atoms with Crippen LogP contribution >= 0.6 is 0 Å². The first-order valence-corrected chi connectivity index (χ1v) is 7.43. The van der Waals surface area contributed by atoms with Gasteiger partial charge in [-0.05, 0) is 32.4 Å². The molecule has 0 radical (unpaired) electrons. The Morgan fingerprint density at radius 3 is 2.37 bits per heavy atom. The molecule has 0 unspecified atom stereocenters. The van der Waals surface area contributed by atoms with Crippen molar-refractivity contribution >= 4 is 21.5 Å². The number of hydrogen-bond donors (Lipinski definition) is 1. The topological polar surface area (TPSA) is 86.5 Å². The monoisotopic (exact) mass is 285 g/mol. The average Bonchev–Trinajstić information content (AvgIpc) is 2.26. The van der Waals surface area contributed by atoms with Gasteiger partial charge in [0.25, 0.3) is 0 Å². The van der Waals surface area contributed by atoms with Crippen molar-refractivity contribution in [3.8, 4) is 0 Å². The Morgan fingerprint density at radius 1 is 1.32 bits per heavy atom. The van der Waals surface area contributed by atoms with Crippen LogP contribution in [0.4, 0.5) is 5.69 Å². The fourth-order valence-electron chi connectivity index (χ4n) is 1.51. The number of methoxy groups -OCH3 is 1. The standard InChI is InChI=1S/C13H19NO4S/c1-13(2,3)19(16,17)8-9-6-5-7-10(14)11(9)12(15)18-4/h5-7H,8,14H2,1-4H3. The van der Waals surface area contributed by atoms with E-state index in [4.69, 9.17) is 5.73 Å². The van der Waals surface area contributed by atoms with Gasteiger partial charge in [0.1, 0.15) is 0 Å². The van der Waals surface area contributed by atoms with Crippen molar-refractivity contribution in [1.29, 1.82) is 0 Å². The summed E-state index contributed by atoms with van der Waals surface area (Å²) in [7, 11) is -2.16. The van der Waals surface area contributed by atoms with Gasteiger partial charge < -0.3 is 10.5 Å². The van der Waals surface area contributed by atoms with Crippen LogP contribution < -0.4 is 5.73 Å². The molecule has 6 heteroatoms. The Bertz CT molecular complexity index is 585. The molecule has 0 atom stereocenters. The molecule has 19 heavy (non-hydrogen) atoms. The normalized spacial score (nSPS) is 12.2. The van der Waals surface area contributed by atoms with Crippen molar-refractivity contribution in [3.05, 3.63) is 29.3 Å². The second kappa shape index (κ2) is 5.21. The Labute approximate surface area is 113 Å². The molecule has 0 spiro atoms. The van der Waals surface area contributed by atoms with Crippen LogP contribution in [0, 0.1) is 0 Å². The molecule has 0 saturated carbocycles. The summed E-state index contributed by atoms with van der Waals surface area (Å²) in [6.07, 6.45) is 0. The smallest absolute Gasteiger partial charge is 0.340 e. The molecule has 0 aliphatic carbocycles. The Hall–Kier alpha value is -1.56. The molecule has 0 saturated heterocycles. The number of nitrogens with two attached hydrogens (primary N) is 1. The van der Waals surface area contributed by atoms with Crippen molar-refractivity contribution in [1.82, 2.24) is 0 Å². The molecule has 0 aliphatic rings. The maximum absolute atomic E-state index is 12.2. The maximum atomic E-state index is 12.2. The Kier molecular flexibility index (Phi) is 4.25. The van der Waals surface area contributed by atoms with Crippen molar-refractivity contribution in [2.45, 2.75) is 31.3 Å². The number of rotatable bonds is 3. The highest BCUT2D eigenvalue weighted by Gasteiger charge is 2.31. The summed E-state index contributed by atoms with van der Waals surface area (Å²) in [5.74, 6) is -0.872. The third-order valence-electron chi connectivity index (χ3n) is 2.85. The van der Waals surface area contributed by atoms with E-state index in [9.17, 15) is 13.2 Å². The first-order chi connectivity index (χ1) is 8.60. The zero-order valence-corrected chi connectivity index (χ0v) is 12.4. The van der Waals surface area contributed by atoms with E-state index in [-0.39, 0.29) is 17.0 Å². The number of carbonyl (C=O) groups excluding carboxylic acids is 1. The third-order valence-corrected chi connectivity index (χ3v) is 5.41. The van der Waals surface area contributed by atoms with Crippen molar-refractivity contribution < 1.29 is 17.9 Å². The molecule has 0 heterocycles. The molecule has 0 aromatic heterocycles. The highest BCUT2D eigenvalue weighted by atomic mass is 32.2. The van der Waals surface area contributed by atoms with Crippen molar-refractivity contribution in [3.63, 3.8) is 0 Å². The summed E-state index contributed by atoms with van der Waals surface area (Å²) in [6, 6.07) is 4.74. The van der Waals surface area contributed by atoms with E-state index < -0.39 is 20.6 Å². The molecule has 1 rings (SSSR count). The molecule has 1 aromatic carbocycles. The van der Waals surface area contributed by atoms with Crippen LogP contribution in [0.3, 0.4) is 0 Å². The lowest BCUT2D eigenvalue weighted by Crippen LogP contribution is -2.30. The lowest BCUT2D eigenvalue weighted by Gasteiger charge is -2.20. The number of ether oxygens (including phenoxy) is 1. The minimum atomic E-state index is -3.40. The van der Waals surface area contributed by atoms with Crippen LogP contribution in [0.1, 0.15) is 36.7 Å². The van der Waals surface area contributed by atoms with Crippen LogP contribution in [0.15, 0.2) is 18.2 Å². The zero-order valence-electron chi connectivity index (χ0n) is 11.6. The van der Waals surface area contributed by atoms with E-state index >= 15 is 0 Å². The molecule has 5 nitrogen and oxygen atoms in total. The van der Waals surface area contributed by atoms with Gasteiger partial charge in [-0.25, -0.2) is 13.2 Å². The van der Waals surface area contributed by atoms with Gasteiger partial charge in [0.05, 0.1) is 23.2 Å². The number of esters is 1. The summed E-state index contributed by atoms with van der Waals surface area (Å²) in [4.78, 5) is 11.7. The van der Waals surface area contributed by atoms with E-state index in [2.05, 4.69) is 4.74 Å². The van der Waals surface area contributed by atoms with Gasteiger partial charge >= 0.3 is 5.97 Å². The molecule has 2 N–H and O–H groups in total. The molecular formula is C13H19NO4S. The average molecular weight is 285 g/mol. The second-order valence-corrected chi connectivity index (χ2v) is 7.99. The largest absolute Gasteiger partial charge is 0.465 e. The van der Waals surface area contributed by atoms with E-state index in [0.717, 1.165) is 0 Å². The highest BCUT2D eigenvalue weighted by Crippen LogP contribution is 2.25. The molecule has 0 bridgehead atoms. The zero-order chi connectivity index (χ0) is 14.8. The van der Waals surface area contributed by atoms with Crippen LogP contribution in [0.5, 0.6) is 0 Å².